The molecule has 0 aliphatic carbocycles. The van der Waals surface area contributed by atoms with Gasteiger partial charge in [0.1, 0.15) is 18.3 Å². The van der Waals surface area contributed by atoms with Crippen LogP contribution in [0.1, 0.15) is 24.5 Å². The van der Waals surface area contributed by atoms with Crippen molar-refractivity contribution in [1.29, 1.82) is 0 Å². The van der Waals surface area contributed by atoms with Crippen LogP contribution in [0.25, 0.3) is 0 Å². The number of ether oxygens (including phenoxy) is 1. The Balaban J connectivity index is 2.05. The fourth-order valence-corrected chi connectivity index (χ4v) is 5.16. The molecule has 0 aliphatic heterocycles. The van der Waals surface area contributed by atoms with Gasteiger partial charge in [-0.3, -0.25) is 13.9 Å². The van der Waals surface area contributed by atoms with Crippen molar-refractivity contribution in [3.63, 3.8) is 0 Å². The van der Waals surface area contributed by atoms with Gasteiger partial charge in [-0.2, -0.15) is 0 Å². The molecule has 0 heterocycles. The minimum absolute atomic E-state index is 0.0697. The van der Waals surface area contributed by atoms with Crippen molar-refractivity contribution in [2.75, 3.05) is 30.8 Å². The highest BCUT2D eigenvalue weighted by atomic mass is 35.5. The number of benzene rings is 3. The SMILES string of the molecule is CCCNC(=O)C(Cc1ccccc1)N(Cc1cccc(OC)c1)C(=O)CN(c1cccc(Cl)c1)S(C)(=O)=O. The molecule has 208 valence electrons. The normalized spacial score (nSPS) is 11.9. The lowest BCUT2D eigenvalue weighted by Crippen LogP contribution is -2.53. The zero-order valence-corrected chi connectivity index (χ0v) is 23.9. The second-order valence-electron chi connectivity index (χ2n) is 9.12. The van der Waals surface area contributed by atoms with E-state index in [1.54, 1.807) is 43.5 Å². The van der Waals surface area contributed by atoms with E-state index in [0.29, 0.717) is 17.3 Å². The number of nitrogens with zero attached hydrogens (tertiary/aromatic N) is 2. The number of rotatable bonds is 13. The van der Waals surface area contributed by atoms with Crippen molar-refractivity contribution in [3.05, 3.63) is 95.0 Å². The standard InChI is InChI=1S/C29H34ClN3O5S/c1-4-16-31-29(35)27(18-22-10-6-5-7-11-22)32(20-23-12-8-15-26(17-23)38-2)28(34)21-33(39(3,36)37)25-14-9-13-24(30)19-25/h5-15,17,19,27H,4,16,18,20-21H2,1-3H3,(H,31,35). The van der Waals surface area contributed by atoms with Crippen molar-refractivity contribution in [1.82, 2.24) is 10.2 Å². The first-order valence-corrected chi connectivity index (χ1v) is 14.8. The van der Waals surface area contributed by atoms with Gasteiger partial charge in [-0.15, -0.1) is 0 Å². The van der Waals surface area contributed by atoms with Crippen LogP contribution < -0.4 is 14.4 Å². The molecule has 0 aliphatic rings. The van der Waals surface area contributed by atoms with E-state index in [0.717, 1.165) is 28.1 Å². The summed E-state index contributed by atoms with van der Waals surface area (Å²) in [6.45, 7) is 1.96. The van der Waals surface area contributed by atoms with Crippen molar-refractivity contribution in [2.45, 2.75) is 32.4 Å². The third-order valence-electron chi connectivity index (χ3n) is 6.08. The number of hydrogen-bond acceptors (Lipinski definition) is 5. The first-order chi connectivity index (χ1) is 18.6. The summed E-state index contributed by atoms with van der Waals surface area (Å²) >= 11 is 6.12. The Bertz CT molecular complexity index is 1370. The molecule has 0 fully saturated rings. The van der Waals surface area contributed by atoms with Crippen molar-refractivity contribution in [3.8, 4) is 5.75 Å². The maximum absolute atomic E-state index is 14.0. The van der Waals surface area contributed by atoms with E-state index >= 15 is 0 Å². The Morgan fingerprint density at radius 2 is 1.67 bits per heavy atom. The third kappa shape index (κ3) is 8.73. The molecule has 0 aromatic heterocycles. The number of carbonyl (C=O) groups excluding carboxylic acids is 2. The number of methoxy groups -OCH3 is 1. The van der Waals surface area contributed by atoms with Gasteiger partial charge in [0.25, 0.3) is 0 Å². The molecule has 0 radical (unpaired) electrons. The number of amides is 2. The molecule has 0 bridgehead atoms. The monoisotopic (exact) mass is 571 g/mol. The summed E-state index contributed by atoms with van der Waals surface area (Å²) in [5, 5.41) is 3.25. The molecule has 10 heteroatoms. The van der Waals surface area contributed by atoms with Gasteiger partial charge in [-0.25, -0.2) is 8.42 Å². The minimum Gasteiger partial charge on any atom is -0.497 e. The van der Waals surface area contributed by atoms with Crippen LogP contribution in [0, 0.1) is 0 Å². The van der Waals surface area contributed by atoms with Gasteiger partial charge < -0.3 is 15.0 Å². The molecule has 1 N–H and O–H groups in total. The maximum atomic E-state index is 14.0. The smallest absolute Gasteiger partial charge is 0.244 e. The van der Waals surface area contributed by atoms with Crippen molar-refractivity contribution >= 4 is 39.1 Å². The largest absolute Gasteiger partial charge is 0.497 e. The topological polar surface area (TPSA) is 96.0 Å². The zero-order chi connectivity index (χ0) is 28.4. The molecule has 3 aromatic rings. The quantitative estimate of drug-likeness (QED) is 0.330. The van der Waals surface area contributed by atoms with Crippen LogP contribution in [0.2, 0.25) is 5.02 Å². The van der Waals surface area contributed by atoms with E-state index in [4.69, 9.17) is 16.3 Å². The Labute approximate surface area is 235 Å². The lowest BCUT2D eigenvalue weighted by Gasteiger charge is -2.33. The molecule has 0 saturated carbocycles. The second-order valence-corrected chi connectivity index (χ2v) is 11.5. The molecule has 1 atom stereocenters. The average molecular weight is 572 g/mol. The number of anilines is 1. The first-order valence-electron chi connectivity index (χ1n) is 12.6. The van der Waals surface area contributed by atoms with Gasteiger partial charge in [-0.05, 0) is 47.9 Å². The summed E-state index contributed by atoms with van der Waals surface area (Å²) in [5.74, 6) is -0.243. The van der Waals surface area contributed by atoms with Crippen LogP contribution in [0.4, 0.5) is 5.69 Å². The fraction of sp³-hybridized carbons (Fsp3) is 0.310. The van der Waals surface area contributed by atoms with E-state index in [1.165, 1.54) is 11.0 Å². The van der Waals surface area contributed by atoms with Gasteiger partial charge in [0.15, 0.2) is 0 Å². The van der Waals surface area contributed by atoms with Gasteiger partial charge in [-0.1, -0.05) is 67.1 Å². The predicted octanol–water partition coefficient (Wildman–Crippen LogP) is 4.28. The maximum Gasteiger partial charge on any atom is 0.244 e. The fourth-order valence-electron chi connectivity index (χ4n) is 4.13. The molecule has 39 heavy (non-hydrogen) atoms. The van der Waals surface area contributed by atoms with Crippen LogP contribution >= 0.6 is 11.6 Å². The Morgan fingerprint density at radius 1 is 0.974 bits per heavy atom. The molecule has 0 spiro atoms. The summed E-state index contributed by atoms with van der Waals surface area (Å²) in [4.78, 5) is 28.9. The van der Waals surface area contributed by atoms with Crippen LogP contribution in [0.5, 0.6) is 5.75 Å². The highest BCUT2D eigenvalue weighted by Gasteiger charge is 2.33. The molecular weight excluding hydrogens is 538 g/mol. The van der Waals surface area contributed by atoms with Gasteiger partial charge >= 0.3 is 0 Å². The van der Waals surface area contributed by atoms with E-state index in [-0.39, 0.29) is 24.6 Å². The summed E-state index contributed by atoms with van der Waals surface area (Å²) in [5.41, 5.74) is 1.86. The average Bonchev–Trinajstić information content (AvgIpc) is 2.92. The first kappa shape index (κ1) is 30.0. The molecule has 3 rings (SSSR count). The summed E-state index contributed by atoms with van der Waals surface area (Å²) < 4.78 is 31.9. The second kappa shape index (κ2) is 14.0. The molecule has 1 unspecified atom stereocenters. The van der Waals surface area contributed by atoms with E-state index in [1.807, 2.05) is 43.3 Å². The van der Waals surface area contributed by atoms with Gasteiger partial charge in [0.05, 0.1) is 19.1 Å². The minimum atomic E-state index is -3.86. The Kier molecular flexibility index (Phi) is 10.8. The van der Waals surface area contributed by atoms with Gasteiger partial charge in [0, 0.05) is 24.5 Å². The number of sulfonamides is 1. The summed E-state index contributed by atoms with van der Waals surface area (Å²) in [6, 6.07) is 22.0. The molecular formula is C29H34ClN3O5S. The van der Waals surface area contributed by atoms with Crippen molar-refractivity contribution in [2.24, 2.45) is 0 Å². The highest BCUT2D eigenvalue weighted by Crippen LogP contribution is 2.24. The summed E-state index contributed by atoms with van der Waals surface area (Å²) in [7, 11) is -2.31. The van der Waals surface area contributed by atoms with Gasteiger partial charge in [0.2, 0.25) is 21.8 Å². The third-order valence-corrected chi connectivity index (χ3v) is 7.46. The van der Waals surface area contributed by atoms with E-state index in [9.17, 15) is 18.0 Å². The number of carbonyl (C=O) groups is 2. The predicted molar refractivity (Wildman–Crippen MR) is 154 cm³/mol. The van der Waals surface area contributed by atoms with Crippen molar-refractivity contribution < 1.29 is 22.7 Å². The molecule has 2 amide bonds. The van der Waals surface area contributed by atoms with Crippen LogP contribution in [-0.4, -0.2) is 57.6 Å². The zero-order valence-electron chi connectivity index (χ0n) is 22.3. The van der Waals surface area contributed by atoms with Crippen LogP contribution in [0.15, 0.2) is 78.9 Å². The number of halogens is 1. The van der Waals surface area contributed by atoms with E-state index in [2.05, 4.69) is 5.32 Å². The molecule has 3 aromatic carbocycles. The number of nitrogens with one attached hydrogen (secondary N) is 1. The lowest BCUT2D eigenvalue weighted by molar-refractivity contribution is -0.140. The van der Waals surface area contributed by atoms with E-state index < -0.39 is 28.5 Å². The number of hydrogen-bond donors (Lipinski definition) is 1. The Hall–Kier alpha value is -3.56. The molecule has 0 saturated heterocycles. The summed E-state index contributed by atoms with van der Waals surface area (Å²) in [6.07, 6.45) is 2.01. The van der Waals surface area contributed by atoms with Crippen LogP contribution in [-0.2, 0) is 32.6 Å². The highest BCUT2D eigenvalue weighted by molar-refractivity contribution is 7.92. The van der Waals surface area contributed by atoms with Crippen LogP contribution in [0.3, 0.4) is 0 Å². The molecule has 8 nitrogen and oxygen atoms in total. The Morgan fingerprint density at radius 3 is 2.31 bits per heavy atom. The lowest BCUT2D eigenvalue weighted by atomic mass is 10.0.